The smallest absolute Gasteiger partial charge is 0.240 e. The minimum absolute atomic E-state index is 0.265. The molecule has 0 atom stereocenters. The second kappa shape index (κ2) is 5.50. The van der Waals surface area contributed by atoms with E-state index in [0.29, 0.717) is 0 Å². The Morgan fingerprint density at radius 1 is 1.16 bits per heavy atom. The van der Waals surface area contributed by atoms with Crippen molar-refractivity contribution in [2.45, 2.75) is 18.2 Å². The fraction of sp³-hybridized carbons (Fsp3) is 0.214. The SMILES string of the molecule is CCc1ncccc1-c1ccc(S(=O)(=O)NC)cc1. The zero-order chi connectivity index (χ0) is 13.9. The predicted octanol–water partition coefficient (Wildman–Crippen LogP) is 2.22. The monoisotopic (exact) mass is 276 g/mol. The van der Waals surface area contributed by atoms with Crippen molar-refractivity contribution in [1.29, 1.82) is 0 Å². The number of hydrogen-bond donors (Lipinski definition) is 1. The second-order valence-electron chi connectivity index (χ2n) is 4.08. The van der Waals surface area contributed by atoms with Crippen LogP contribution in [0.1, 0.15) is 12.6 Å². The molecule has 0 saturated carbocycles. The molecule has 1 aromatic heterocycles. The Kier molecular flexibility index (Phi) is 3.97. The molecule has 0 saturated heterocycles. The molecule has 0 fully saturated rings. The molecule has 4 nitrogen and oxygen atoms in total. The minimum atomic E-state index is -3.38. The average molecular weight is 276 g/mol. The first-order chi connectivity index (χ1) is 9.08. The number of sulfonamides is 1. The molecule has 0 unspecified atom stereocenters. The molecule has 2 rings (SSSR count). The van der Waals surface area contributed by atoms with E-state index < -0.39 is 10.0 Å². The molecule has 0 aliphatic carbocycles. The number of nitrogens with one attached hydrogen (secondary N) is 1. The summed E-state index contributed by atoms with van der Waals surface area (Å²) in [5, 5.41) is 0. The predicted molar refractivity (Wildman–Crippen MR) is 75.3 cm³/mol. The van der Waals surface area contributed by atoms with Crippen LogP contribution in [0.3, 0.4) is 0 Å². The topological polar surface area (TPSA) is 59.1 Å². The Hall–Kier alpha value is -1.72. The molecule has 0 amide bonds. The van der Waals surface area contributed by atoms with Gasteiger partial charge in [-0.2, -0.15) is 0 Å². The van der Waals surface area contributed by atoms with Crippen molar-refractivity contribution in [2.24, 2.45) is 0 Å². The van der Waals surface area contributed by atoms with E-state index in [0.717, 1.165) is 23.2 Å². The van der Waals surface area contributed by atoms with Crippen LogP contribution in [0, 0.1) is 0 Å². The number of aryl methyl sites for hydroxylation is 1. The van der Waals surface area contributed by atoms with Crippen LogP contribution in [-0.4, -0.2) is 20.4 Å². The van der Waals surface area contributed by atoms with Gasteiger partial charge in [-0.05, 0) is 37.2 Å². The summed E-state index contributed by atoms with van der Waals surface area (Å²) in [6.45, 7) is 2.05. The van der Waals surface area contributed by atoms with Crippen LogP contribution in [-0.2, 0) is 16.4 Å². The average Bonchev–Trinajstić information content (AvgIpc) is 2.47. The van der Waals surface area contributed by atoms with E-state index >= 15 is 0 Å². The van der Waals surface area contributed by atoms with Gasteiger partial charge in [0.05, 0.1) is 4.90 Å². The van der Waals surface area contributed by atoms with E-state index in [4.69, 9.17) is 0 Å². The fourth-order valence-corrected chi connectivity index (χ4v) is 2.64. The second-order valence-corrected chi connectivity index (χ2v) is 5.97. The van der Waals surface area contributed by atoms with Gasteiger partial charge in [0.1, 0.15) is 0 Å². The van der Waals surface area contributed by atoms with Crippen molar-refractivity contribution < 1.29 is 8.42 Å². The van der Waals surface area contributed by atoms with E-state index in [1.54, 1.807) is 30.5 Å². The molecule has 19 heavy (non-hydrogen) atoms. The maximum absolute atomic E-state index is 11.6. The summed E-state index contributed by atoms with van der Waals surface area (Å²) >= 11 is 0. The highest BCUT2D eigenvalue weighted by atomic mass is 32.2. The van der Waals surface area contributed by atoms with Gasteiger partial charge < -0.3 is 0 Å². The third kappa shape index (κ3) is 2.83. The molecular formula is C14H16N2O2S. The molecule has 2 aromatic rings. The van der Waals surface area contributed by atoms with Crippen molar-refractivity contribution in [3.05, 3.63) is 48.3 Å². The number of hydrogen-bond acceptors (Lipinski definition) is 3. The van der Waals surface area contributed by atoms with Gasteiger partial charge in [-0.1, -0.05) is 25.1 Å². The molecule has 5 heteroatoms. The van der Waals surface area contributed by atoms with Crippen molar-refractivity contribution >= 4 is 10.0 Å². The van der Waals surface area contributed by atoms with Crippen molar-refractivity contribution in [2.75, 3.05) is 7.05 Å². The number of benzene rings is 1. The maximum atomic E-state index is 11.6. The van der Waals surface area contributed by atoms with E-state index in [1.807, 2.05) is 19.1 Å². The summed E-state index contributed by atoms with van der Waals surface area (Å²) in [6, 6.07) is 10.7. The Morgan fingerprint density at radius 2 is 1.84 bits per heavy atom. The lowest BCUT2D eigenvalue weighted by atomic mass is 10.0. The summed E-state index contributed by atoms with van der Waals surface area (Å²) in [7, 11) is -1.98. The molecule has 1 aromatic carbocycles. The quantitative estimate of drug-likeness (QED) is 0.931. The van der Waals surface area contributed by atoms with E-state index in [9.17, 15) is 8.42 Å². The highest BCUT2D eigenvalue weighted by molar-refractivity contribution is 7.89. The molecule has 0 bridgehead atoms. The van der Waals surface area contributed by atoms with Crippen molar-refractivity contribution in [3.8, 4) is 11.1 Å². The van der Waals surface area contributed by atoms with E-state index in [-0.39, 0.29) is 4.90 Å². The highest BCUT2D eigenvalue weighted by Gasteiger charge is 2.11. The highest BCUT2D eigenvalue weighted by Crippen LogP contribution is 2.23. The number of pyridine rings is 1. The first-order valence-electron chi connectivity index (χ1n) is 6.06. The first-order valence-corrected chi connectivity index (χ1v) is 7.54. The van der Waals surface area contributed by atoms with Crippen LogP contribution >= 0.6 is 0 Å². The Bertz CT molecular complexity index is 664. The zero-order valence-corrected chi connectivity index (χ0v) is 11.7. The summed E-state index contributed by atoms with van der Waals surface area (Å²) in [5.41, 5.74) is 3.02. The Labute approximate surface area is 113 Å². The molecule has 0 aliphatic rings. The van der Waals surface area contributed by atoms with Crippen molar-refractivity contribution in [3.63, 3.8) is 0 Å². The Morgan fingerprint density at radius 3 is 2.42 bits per heavy atom. The largest absolute Gasteiger partial charge is 0.261 e. The Balaban J connectivity index is 2.44. The fourth-order valence-electron chi connectivity index (χ4n) is 1.91. The van der Waals surface area contributed by atoms with Crippen LogP contribution in [0.15, 0.2) is 47.5 Å². The standard InChI is InChI=1S/C14H16N2O2S/c1-3-14-13(5-4-10-16-14)11-6-8-12(9-7-11)19(17,18)15-2/h4-10,15H,3H2,1-2H3. The van der Waals surface area contributed by atoms with Gasteiger partial charge in [-0.15, -0.1) is 0 Å². The zero-order valence-electron chi connectivity index (χ0n) is 10.9. The van der Waals surface area contributed by atoms with Crippen molar-refractivity contribution in [1.82, 2.24) is 9.71 Å². The lowest BCUT2D eigenvalue weighted by Gasteiger charge is -2.08. The number of nitrogens with zero attached hydrogens (tertiary/aromatic N) is 1. The maximum Gasteiger partial charge on any atom is 0.240 e. The van der Waals surface area contributed by atoms with Gasteiger partial charge in [-0.25, -0.2) is 13.1 Å². The van der Waals surface area contributed by atoms with Gasteiger partial charge in [0.15, 0.2) is 0 Å². The lowest BCUT2D eigenvalue weighted by molar-refractivity contribution is 0.588. The molecule has 1 heterocycles. The molecule has 0 spiro atoms. The summed E-state index contributed by atoms with van der Waals surface area (Å²) in [4.78, 5) is 4.59. The first kappa shape index (κ1) is 13.7. The van der Waals surface area contributed by atoms with Crippen LogP contribution in [0.2, 0.25) is 0 Å². The van der Waals surface area contributed by atoms with E-state index in [2.05, 4.69) is 9.71 Å². The van der Waals surface area contributed by atoms with Gasteiger partial charge in [-0.3, -0.25) is 4.98 Å². The molecule has 1 N–H and O–H groups in total. The minimum Gasteiger partial charge on any atom is -0.261 e. The van der Waals surface area contributed by atoms with Gasteiger partial charge >= 0.3 is 0 Å². The van der Waals surface area contributed by atoms with Crippen LogP contribution < -0.4 is 4.72 Å². The summed E-state index contributed by atoms with van der Waals surface area (Å²) in [6.07, 6.45) is 2.61. The summed E-state index contributed by atoms with van der Waals surface area (Å²) in [5.74, 6) is 0. The van der Waals surface area contributed by atoms with Gasteiger partial charge in [0, 0.05) is 17.5 Å². The molecule has 0 radical (unpaired) electrons. The molecule has 100 valence electrons. The normalized spacial score (nSPS) is 11.5. The number of aromatic nitrogens is 1. The molecule has 0 aliphatic heterocycles. The van der Waals surface area contributed by atoms with Gasteiger partial charge in [0.2, 0.25) is 10.0 Å². The van der Waals surface area contributed by atoms with Crippen LogP contribution in [0.25, 0.3) is 11.1 Å². The lowest BCUT2D eigenvalue weighted by Crippen LogP contribution is -2.18. The number of rotatable bonds is 4. The van der Waals surface area contributed by atoms with Gasteiger partial charge in [0.25, 0.3) is 0 Å². The van der Waals surface area contributed by atoms with E-state index in [1.165, 1.54) is 7.05 Å². The van der Waals surface area contributed by atoms with Crippen LogP contribution in [0.4, 0.5) is 0 Å². The molecular weight excluding hydrogens is 260 g/mol. The van der Waals surface area contributed by atoms with Crippen LogP contribution in [0.5, 0.6) is 0 Å². The summed E-state index contributed by atoms with van der Waals surface area (Å²) < 4.78 is 25.6. The third-order valence-electron chi connectivity index (χ3n) is 2.97. The third-order valence-corrected chi connectivity index (χ3v) is 4.40.